The van der Waals surface area contributed by atoms with Gasteiger partial charge in [0.15, 0.2) is 5.78 Å². The average Bonchev–Trinajstić information content (AvgIpc) is 3.13. The summed E-state index contributed by atoms with van der Waals surface area (Å²) in [5.74, 6) is 1.58. The fourth-order valence-electron chi connectivity index (χ4n) is 4.94. The molecule has 2 saturated heterocycles. The third-order valence-corrected chi connectivity index (χ3v) is 7.31. The predicted molar refractivity (Wildman–Crippen MR) is 134 cm³/mol. The molecule has 0 N–H and O–H groups in total. The molecule has 0 aromatic heterocycles. The van der Waals surface area contributed by atoms with Crippen molar-refractivity contribution in [2.75, 3.05) is 92.8 Å². The van der Waals surface area contributed by atoms with E-state index in [-0.39, 0.29) is 5.78 Å². The van der Waals surface area contributed by atoms with Crippen molar-refractivity contribution < 1.29 is 14.3 Å². The highest BCUT2D eigenvalue weighted by atomic mass is 16.5. The molecule has 0 atom stereocenters. The van der Waals surface area contributed by atoms with Gasteiger partial charge >= 0.3 is 0 Å². The lowest BCUT2D eigenvalue weighted by Crippen LogP contribution is -2.45. The first-order valence-corrected chi connectivity index (χ1v) is 12.5. The second-order valence-corrected chi connectivity index (χ2v) is 9.73. The Morgan fingerprint density at radius 3 is 1.44 bits per heavy atom. The van der Waals surface area contributed by atoms with Crippen LogP contribution in [0.2, 0.25) is 0 Å². The van der Waals surface area contributed by atoms with Gasteiger partial charge in [-0.3, -0.25) is 14.6 Å². The highest BCUT2D eigenvalue weighted by Gasteiger charge is 2.28. The summed E-state index contributed by atoms with van der Waals surface area (Å²) in [5, 5.41) is 0. The number of likely N-dealkylation sites (N-methyl/N-ethyl adjacent to an activating group) is 2. The Balaban J connectivity index is 1.16. The van der Waals surface area contributed by atoms with Gasteiger partial charge in [0.05, 0.1) is 0 Å². The quantitative estimate of drug-likeness (QED) is 0.506. The maximum Gasteiger partial charge on any atom is 0.194 e. The minimum absolute atomic E-state index is 0.0547. The molecule has 2 aromatic rings. The van der Waals surface area contributed by atoms with E-state index in [1.54, 1.807) is 0 Å². The zero-order valence-corrected chi connectivity index (χ0v) is 20.5. The number of hydrogen-bond acceptors (Lipinski definition) is 7. The van der Waals surface area contributed by atoms with E-state index in [1.807, 2.05) is 36.4 Å². The summed E-state index contributed by atoms with van der Waals surface area (Å²) >= 11 is 0. The molecule has 7 nitrogen and oxygen atoms in total. The second-order valence-electron chi connectivity index (χ2n) is 9.73. The number of hydrogen-bond donors (Lipinski definition) is 0. The fourth-order valence-corrected chi connectivity index (χ4v) is 4.94. The van der Waals surface area contributed by atoms with Crippen LogP contribution >= 0.6 is 0 Å². The van der Waals surface area contributed by atoms with Crippen molar-refractivity contribution in [3.63, 3.8) is 0 Å². The van der Waals surface area contributed by atoms with Crippen LogP contribution in [-0.4, -0.2) is 118 Å². The minimum atomic E-state index is 0.0547. The van der Waals surface area contributed by atoms with Gasteiger partial charge in [-0.25, -0.2) is 0 Å². The van der Waals surface area contributed by atoms with Crippen LogP contribution in [0.5, 0.6) is 11.5 Å². The summed E-state index contributed by atoms with van der Waals surface area (Å²) in [5.41, 5.74) is 3.41. The Morgan fingerprint density at radius 2 is 1.03 bits per heavy atom. The Bertz CT molecular complexity index is 931. The summed E-state index contributed by atoms with van der Waals surface area (Å²) in [7, 11) is 4.33. The molecule has 34 heavy (non-hydrogen) atoms. The Kier molecular flexibility index (Phi) is 7.15. The lowest BCUT2D eigenvalue weighted by molar-refractivity contribution is 0.104. The highest BCUT2D eigenvalue weighted by molar-refractivity contribution is 6.22. The molecule has 0 unspecified atom stereocenters. The standard InChI is InChI=1S/C27H36N4O3/c1-28-7-11-30(12-8-28)15-17-33-21-3-5-23-24-6-4-22(20-26(24)27(32)25(23)19-21)34-18-16-31-13-9-29(2)10-14-31/h3-6,19-20H,7-18H2,1-2H3. The molecule has 3 aliphatic rings. The smallest absolute Gasteiger partial charge is 0.194 e. The average molecular weight is 465 g/mol. The van der Waals surface area contributed by atoms with Gasteiger partial charge in [-0.2, -0.15) is 0 Å². The molecule has 0 bridgehead atoms. The third kappa shape index (κ3) is 5.28. The maximum atomic E-state index is 13.2. The number of benzene rings is 2. The highest BCUT2D eigenvalue weighted by Crippen LogP contribution is 2.39. The van der Waals surface area contributed by atoms with E-state index in [2.05, 4.69) is 33.7 Å². The summed E-state index contributed by atoms with van der Waals surface area (Å²) < 4.78 is 12.0. The van der Waals surface area contributed by atoms with Gasteiger partial charge in [0, 0.05) is 76.6 Å². The summed E-state index contributed by atoms with van der Waals surface area (Å²) in [6.07, 6.45) is 0. The Labute approximate surface area is 202 Å². The van der Waals surface area contributed by atoms with Crippen LogP contribution in [-0.2, 0) is 0 Å². The van der Waals surface area contributed by atoms with E-state index in [0.717, 1.165) is 99.2 Å². The van der Waals surface area contributed by atoms with Gasteiger partial charge in [0.1, 0.15) is 24.7 Å². The zero-order chi connectivity index (χ0) is 23.5. The number of ketones is 1. The Hall–Kier alpha value is -2.45. The van der Waals surface area contributed by atoms with E-state index in [0.29, 0.717) is 13.2 Å². The number of carbonyl (C=O) groups is 1. The van der Waals surface area contributed by atoms with Crippen LogP contribution in [0.3, 0.4) is 0 Å². The molecular formula is C27H36N4O3. The van der Waals surface area contributed by atoms with Crippen LogP contribution < -0.4 is 9.47 Å². The van der Waals surface area contributed by atoms with Crippen LogP contribution in [0.1, 0.15) is 15.9 Å². The van der Waals surface area contributed by atoms with Gasteiger partial charge in [-0.15, -0.1) is 0 Å². The molecule has 7 heteroatoms. The van der Waals surface area contributed by atoms with Crippen molar-refractivity contribution in [1.29, 1.82) is 0 Å². The van der Waals surface area contributed by atoms with Gasteiger partial charge in [-0.1, -0.05) is 0 Å². The molecule has 2 fully saturated rings. The van der Waals surface area contributed by atoms with E-state index in [1.165, 1.54) is 0 Å². The van der Waals surface area contributed by atoms with Crippen molar-refractivity contribution in [1.82, 2.24) is 19.6 Å². The normalized spacial score (nSPS) is 19.8. The summed E-state index contributed by atoms with van der Waals surface area (Å²) in [4.78, 5) is 22.7. The van der Waals surface area contributed by atoms with E-state index < -0.39 is 0 Å². The van der Waals surface area contributed by atoms with Crippen molar-refractivity contribution in [3.8, 4) is 22.6 Å². The molecule has 2 heterocycles. The summed E-state index contributed by atoms with van der Waals surface area (Å²) in [6, 6.07) is 11.8. The van der Waals surface area contributed by atoms with Crippen molar-refractivity contribution in [2.24, 2.45) is 0 Å². The van der Waals surface area contributed by atoms with Crippen molar-refractivity contribution >= 4 is 5.78 Å². The van der Waals surface area contributed by atoms with Gasteiger partial charge in [0.2, 0.25) is 0 Å². The number of piperazine rings is 2. The third-order valence-electron chi connectivity index (χ3n) is 7.31. The molecule has 5 rings (SSSR count). The monoisotopic (exact) mass is 464 g/mol. The first-order valence-electron chi connectivity index (χ1n) is 12.5. The number of ether oxygens (including phenoxy) is 2. The first kappa shape index (κ1) is 23.3. The number of carbonyl (C=O) groups excluding carboxylic acids is 1. The lowest BCUT2D eigenvalue weighted by Gasteiger charge is -2.32. The molecule has 0 spiro atoms. The van der Waals surface area contributed by atoms with Crippen LogP contribution in [0, 0.1) is 0 Å². The van der Waals surface area contributed by atoms with Crippen molar-refractivity contribution in [3.05, 3.63) is 47.5 Å². The minimum Gasteiger partial charge on any atom is -0.492 e. The summed E-state index contributed by atoms with van der Waals surface area (Å²) in [6.45, 7) is 11.8. The molecular weight excluding hydrogens is 428 g/mol. The molecule has 0 radical (unpaired) electrons. The van der Waals surface area contributed by atoms with Gasteiger partial charge in [0.25, 0.3) is 0 Å². The van der Waals surface area contributed by atoms with Gasteiger partial charge < -0.3 is 19.3 Å². The van der Waals surface area contributed by atoms with E-state index in [4.69, 9.17) is 9.47 Å². The van der Waals surface area contributed by atoms with Gasteiger partial charge in [-0.05, 0) is 61.6 Å². The maximum absolute atomic E-state index is 13.2. The molecule has 2 aliphatic heterocycles. The topological polar surface area (TPSA) is 48.5 Å². The zero-order valence-electron chi connectivity index (χ0n) is 20.5. The fraction of sp³-hybridized carbons (Fsp3) is 0.519. The van der Waals surface area contributed by atoms with E-state index >= 15 is 0 Å². The van der Waals surface area contributed by atoms with Crippen LogP contribution in [0.4, 0.5) is 0 Å². The molecule has 1 aliphatic carbocycles. The number of nitrogens with zero attached hydrogens (tertiary/aromatic N) is 4. The SMILES string of the molecule is CN1CCN(CCOc2ccc3c(c2)C(=O)c2cc(OCCN4CCN(C)CC4)ccc2-3)CC1. The molecule has 0 saturated carbocycles. The van der Waals surface area contributed by atoms with Crippen molar-refractivity contribution in [2.45, 2.75) is 0 Å². The predicted octanol–water partition coefficient (Wildman–Crippen LogP) is 2.15. The second kappa shape index (κ2) is 10.4. The van der Waals surface area contributed by atoms with E-state index in [9.17, 15) is 4.79 Å². The molecule has 0 amide bonds. The largest absolute Gasteiger partial charge is 0.492 e. The molecule has 182 valence electrons. The first-order chi connectivity index (χ1) is 16.6. The molecule has 2 aromatic carbocycles. The van der Waals surface area contributed by atoms with Crippen LogP contribution in [0.25, 0.3) is 11.1 Å². The van der Waals surface area contributed by atoms with Crippen LogP contribution in [0.15, 0.2) is 36.4 Å². The lowest BCUT2D eigenvalue weighted by atomic mass is 10.1. The Morgan fingerprint density at radius 1 is 0.618 bits per heavy atom. The number of rotatable bonds is 8. The number of fused-ring (bicyclic) bond motifs is 3.